The van der Waals surface area contributed by atoms with Gasteiger partial charge in [-0.1, -0.05) is 5.92 Å². The average Bonchev–Trinajstić information content (AvgIpc) is 3.04. The quantitative estimate of drug-likeness (QED) is 0.635. The van der Waals surface area contributed by atoms with Crippen LogP contribution >= 0.6 is 0 Å². The third-order valence-corrected chi connectivity index (χ3v) is 4.80. The molecule has 2 aromatic heterocycles. The Balaban J connectivity index is 1.52. The third-order valence-electron chi connectivity index (χ3n) is 4.80. The van der Waals surface area contributed by atoms with Gasteiger partial charge in [0.05, 0.1) is 11.4 Å². The molecule has 0 N–H and O–H groups in total. The van der Waals surface area contributed by atoms with Gasteiger partial charge >= 0.3 is 0 Å². The predicted octanol–water partition coefficient (Wildman–Crippen LogP) is 2.50. The van der Waals surface area contributed by atoms with E-state index in [9.17, 15) is 0 Å². The van der Waals surface area contributed by atoms with E-state index in [0.717, 1.165) is 54.5 Å². The second kappa shape index (κ2) is 6.81. The van der Waals surface area contributed by atoms with E-state index in [2.05, 4.69) is 62.9 Å². The first-order valence-corrected chi connectivity index (χ1v) is 8.97. The Morgan fingerprint density at radius 2 is 1.62 bits per heavy atom. The highest BCUT2D eigenvalue weighted by Gasteiger charge is 2.13. The number of likely N-dealkylation sites (N-methyl/N-ethyl adjacent to an activating group) is 1. The Labute approximate surface area is 154 Å². The maximum atomic E-state index is 4.58. The molecular weight excluding hydrogens is 322 g/mol. The molecule has 0 saturated carbocycles. The van der Waals surface area contributed by atoms with Gasteiger partial charge in [0.15, 0.2) is 5.65 Å². The van der Waals surface area contributed by atoms with E-state index in [1.165, 1.54) is 5.69 Å². The zero-order valence-electron chi connectivity index (χ0n) is 15.5. The van der Waals surface area contributed by atoms with Crippen LogP contribution in [0.3, 0.4) is 0 Å². The van der Waals surface area contributed by atoms with Gasteiger partial charge in [-0.15, -0.1) is 0 Å². The minimum absolute atomic E-state index is 0.767. The topological polar surface area (TPSA) is 36.7 Å². The number of nitrogens with zero attached hydrogens (tertiary/aromatic N) is 5. The molecular formula is C21H23N5. The highest BCUT2D eigenvalue weighted by atomic mass is 15.2. The average molecular weight is 345 g/mol. The van der Waals surface area contributed by atoms with Crippen molar-refractivity contribution in [3.63, 3.8) is 0 Å². The van der Waals surface area contributed by atoms with Crippen molar-refractivity contribution in [1.82, 2.24) is 19.3 Å². The SMILES string of the molecule is Cc1cn2cc(C#Cc3ccc(N4CCN(C)CC4)cc3)nc2c(C)n1. The van der Waals surface area contributed by atoms with Gasteiger partial charge in [-0.2, -0.15) is 0 Å². The smallest absolute Gasteiger partial charge is 0.159 e. The van der Waals surface area contributed by atoms with Crippen molar-refractivity contribution in [2.24, 2.45) is 0 Å². The summed E-state index contributed by atoms with van der Waals surface area (Å²) in [6.07, 6.45) is 3.94. The van der Waals surface area contributed by atoms with E-state index in [0.29, 0.717) is 0 Å². The lowest BCUT2D eigenvalue weighted by atomic mass is 10.2. The normalized spacial score (nSPS) is 15.1. The van der Waals surface area contributed by atoms with Crippen LogP contribution < -0.4 is 4.90 Å². The van der Waals surface area contributed by atoms with Crippen LogP contribution in [0.2, 0.25) is 0 Å². The van der Waals surface area contributed by atoms with E-state index >= 15 is 0 Å². The van der Waals surface area contributed by atoms with Crippen LogP contribution in [-0.4, -0.2) is 52.5 Å². The molecule has 0 unspecified atom stereocenters. The van der Waals surface area contributed by atoms with E-state index in [4.69, 9.17) is 0 Å². The van der Waals surface area contributed by atoms with E-state index in [1.54, 1.807) is 0 Å². The molecule has 0 radical (unpaired) electrons. The highest BCUT2D eigenvalue weighted by Crippen LogP contribution is 2.17. The number of benzene rings is 1. The van der Waals surface area contributed by atoms with Crippen LogP contribution in [0.4, 0.5) is 5.69 Å². The lowest BCUT2D eigenvalue weighted by Crippen LogP contribution is -2.44. The van der Waals surface area contributed by atoms with Gasteiger partial charge in [0.2, 0.25) is 0 Å². The minimum Gasteiger partial charge on any atom is -0.369 e. The summed E-state index contributed by atoms with van der Waals surface area (Å²) in [5, 5.41) is 0. The number of hydrogen-bond donors (Lipinski definition) is 0. The van der Waals surface area contributed by atoms with Gasteiger partial charge in [-0.25, -0.2) is 4.98 Å². The fraction of sp³-hybridized carbons (Fsp3) is 0.333. The van der Waals surface area contributed by atoms with Crippen molar-refractivity contribution < 1.29 is 0 Å². The molecule has 4 rings (SSSR count). The molecule has 1 saturated heterocycles. The summed E-state index contributed by atoms with van der Waals surface area (Å²) in [4.78, 5) is 13.8. The van der Waals surface area contributed by atoms with Crippen molar-refractivity contribution in [2.45, 2.75) is 13.8 Å². The summed E-state index contributed by atoms with van der Waals surface area (Å²) in [5.74, 6) is 6.39. The third kappa shape index (κ3) is 3.42. The molecule has 0 spiro atoms. The number of anilines is 1. The number of hydrogen-bond acceptors (Lipinski definition) is 4. The molecule has 1 aliphatic rings. The molecule has 5 nitrogen and oxygen atoms in total. The van der Waals surface area contributed by atoms with E-state index < -0.39 is 0 Å². The van der Waals surface area contributed by atoms with Gasteiger partial charge in [-0.05, 0) is 51.1 Å². The maximum absolute atomic E-state index is 4.58. The van der Waals surface area contributed by atoms with Crippen molar-refractivity contribution in [3.05, 3.63) is 59.3 Å². The summed E-state index contributed by atoms with van der Waals surface area (Å²) >= 11 is 0. The van der Waals surface area contributed by atoms with Crippen LogP contribution in [0.1, 0.15) is 22.6 Å². The van der Waals surface area contributed by atoms with Crippen molar-refractivity contribution in [3.8, 4) is 11.8 Å². The number of imidazole rings is 1. The zero-order valence-corrected chi connectivity index (χ0v) is 15.5. The molecule has 1 aliphatic heterocycles. The maximum Gasteiger partial charge on any atom is 0.159 e. The summed E-state index contributed by atoms with van der Waals surface area (Å²) in [7, 11) is 2.17. The number of fused-ring (bicyclic) bond motifs is 1. The summed E-state index contributed by atoms with van der Waals surface area (Å²) in [6, 6.07) is 8.51. The first kappa shape index (κ1) is 16.6. The number of aryl methyl sites for hydroxylation is 2. The fourth-order valence-electron chi connectivity index (χ4n) is 3.32. The minimum atomic E-state index is 0.767. The van der Waals surface area contributed by atoms with Crippen molar-refractivity contribution in [2.75, 3.05) is 38.1 Å². The van der Waals surface area contributed by atoms with Crippen molar-refractivity contribution in [1.29, 1.82) is 0 Å². The fourth-order valence-corrected chi connectivity index (χ4v) is 3.32. The van der Waals surface area contributed by atoms with Gasteiger partial charge in [0.25, 0.3) is 0 Å². The lowest BCUT2D eigenvalue weighted by molar-refractivity contribution is 0.313. The first-order valence-electron chi connectivity index (χ1n) is 8.97. The first-order chi connectivity index (χ1) is 12.6. The highest BCUT2D eigenvalue weighted by molar-refractivity contribution is 5.53. The van der Waals surface area contributed by atoms with Gasteiger partial charge in [0.1, 0.15) is 5.69 Å². The monoisotopic (exact) mass is 345 g/mol. The number of rotatable bonds is 1. The molecule has 0 aliphatic carbocycles. The largest absolute Gasteiger partial charge is 0.369 e. The van der Waals surface area contributed by atoms with Gasteiger partial charge in [-0.3, -0.25) is 4.98 Å². The Morgan fingerprint density at radius 3 is 2.35 bits per heavy atom. The van der Waals surface area contributed by atoms with Crippen LogP contribution in [0.5, 0.6) is 0 Å². The van der Waals surface area contributed by atoms with Crippen LogP contribution in [0, 0.1) is 25.7 Å². The Bertz CT molecular complexity index is 983. The molecule has 5 heteroatoms. The van der Waals surface area contributed by atoms with Crippen LogP contribution in [-0.2, 0) is 0 Å². The zero-order chi connectivity index (χ0) is 18.1. The second-order valence-corrected chi connectivity index (χ2v) is 6.91. The molecule has 26 heavy (non-hydrogen) atoms. The summed E-state index contributed by atoms with van der Waals surface area (Å²) in [5.41, 5.74) is 5.81. The van der Waals surface area contributed by atoms with Gasteiger partial charge in [0, 0.05) is 49.8 Å². The Kier molecular flexibility index (Phi) is 4.36. The molecule has 0 atom stereocenters. The second-order valence-electron chi connectivity index (χ2n) is 6.91. The molecule has 1 fully saturated rings. The van der Waals surface area contributed by atoms with Gasteiger partial charge < -0.3 is 14.2 Å². The Morgan fingerprint density at radius 1 is 0.885 bits per heavy atom. The van der Waals surface area contributed by atoms with Crippen molar-refractivity contribution >= 4 is 11.3 Å². The van der Waals surface area contributed by atoms with E-state index in [1.807, 2.05) is 30.6 Å². The standard InChI is InChI=1S/C21H23N5/c1-16-14-26-15-19(23-21(26)17(2)22-16)7-4-18-5-8-20(9-6-18)25-12-10-24(3)11-13-25/h5-6,8-9,14-15H,10-13H2,1-3H3. The number of aromatic nitrogens is 3. The molecule has 3 heterocycles. The molecule has 0 bridgehead atoms. The molecule has 0 amide bonds. The molecule has 1 aromatic carbocycles. The predicted molar refractivity (Wildman–Crippen MR) is 105 cm³/mol. The molecule has 3 aromatic rings. The Hall–Kier alpha value is -2.84. The summed E-state index contributed by atoms with van der Waals surface area (Å²) in [6.45, 7) is 8.35. The summed E-state index contributed by atoms with van der Waals surface area (Å²) < 4.78 is 2.00. The van der Waals surface area contributed by atoms with Crippen LogP contribution in [0.25, 0.3) is 5.65 Å². The lowest BCUT2D eigenvalue weighted by Gasteiger charge is -2.34. The molecule has 132 valence electrons. The van der Waals surface area contributed by atoms with E-state index in [-0.39, 0.29) is 0 Å². The number of piperazine rings is 1. The van der Waals surface area contributed by atoms with Crippen LogP contribution in [0.15, 0.2) is 36.7 Å².